The molecule has 2 heterocycles. The van der Waals surface area contributed by atoms with Crippen LogP contribution < -0.4 is 0 Å². The summed E-state index contributed by atoms with van der Waals surface area (Å²) < 4.78 is 91.0. The van der Waals surface area contributed by atoms with Crippen LogP contribution in [0.4, 0.5) is 26.7 Å². The molecule has 1 aromatic heterocycles. The number of carbonyl (C=O) groups excluding carboxylic acids is 1. The molecule has 1 aliphatic rings. The molecule has 3 rings (SSSR count). The number of amides is 1. The van der Waals surface area contributed by atoms with Gasteiger partial charge in [0.05, 0.1) is 19.0 Å². The summed E-state index contributed by atoms with van der Waals surface area (Å²) in [6.45, 7) is 11.8. The molecule has 0 radical (unpaired) electrons. The number of nitrogens with zero attached hydrogens (tertiary/aromatic N) is 5. The Kier molecular flexibility index (Phi) is 10.8. The second-order valence-corrected chi connectivity index (χ2v) is 19.0. The van der Waals surface area contributed by atoms with Gasteiger partial charge in [0.2, 0.25) is 5.60 Å². The maximum atomic E-state index is 15.4. The maximum absolute atomic E-state index is 15.4. The molecule has 46 heavy (non-hydrogen) atoms. The number of halogens is 5. The Morgan fingerprint density at radius 1 is 1.17 bits per heavy atom. The Morgan fingerprint density at radius 2 is 1.85 bits per heavy atom. The molecule has 0 saturated carbocycles. The molecule has 0 saturated heterocycles. The molecule has 1 aliphatic heterocycles. The number of hydrogen-bond donors (Lipinski definition) is 0. The van der Waals surface area contributed by atoms with Crippen molar-refractivity contribution in [1.82, 2.24) is 14.9 Å². The van der Waals surface area contributed by atoms with Crippen LogP contribution in [0.15, 0.2) is 35.6 Å². The minimum absolute atomic E-state index is 0.0211. The molecule has 250 valence electrons. The molecular formula is C31H38F5N5O4Si. The summed E-state index contributed by atoms with van der Waals surface area (Å²) in [4.78, 5) is 26.0. The van der Waals surface area contributed by atoms with Crippen molar-refractivity contribution in [2.45, 2.75) is 83.2 Å². The Morgan fingerprint density at radius 3 is 2.39 bits per heavy atom. The maximum Gasteiger partial charge on any atom is 0.424 e. The minimum Gasteiger partial charge on any atom is -0.443 e. The van der Waals surface area contributed by atoms with Crippen LogP contribution in [-0.2, 0) is 19.7 Å². The molecule has 15 heteroatoms. The van der Waals surface area contributed by atoms with E-state index < -0.39 is 67.9 Å². The number of benzene rings is 1. The molecule has 0 N–H and O–H groups in total. The number of hydrogen-bond acceptors (Lipinski definition) is 8. The van der Waals surface area contributed by atoms with Crippen molar-refractivity contribution in [3.05, 3.63) is 58.9 Å². The Balaban J connectivity index is 2.13. The van der Waals surface area contributed by atoms with E-state index in [-0.39, 0.29) is 29.1 Å². The van der Waals surface area contributed by atoms with Crippen molar-refractivity contribution >= 4 is 31.9 Å². The monoisotopic (exact) mass is 667 g/mol. The third kappa shape index (κ3) is 8.95. The van der Waals surface area contributed by atoms with Crippen molar-refractivity contribution in [1.29, 1.82) is 5.26 Å². The lowest BCUT2D eigenvalue weighted by Gasteiger charge is -2.45. The molecule has 0 bridgehead atoms. The van der Waals surface area contributed by atoms with E-state index in [2.05, 4.69) is 34.6 Å². The minimum atomic E-state index is -5.06. The Labute approximate surface area is 266 Å². The average molecular weight is 668 g/mol. The zero-order valence-electron chi connectivity index (χ0n) is 27.1. The summed E-state index contributed by atoms with van der Waals surface area (Å²) in [5.41, 5.74) is -6.30. The van der Waals surface area contributed by atoms with Crippen LogP contribution >= 0.6 is 0 Å². The van der Waals surface area contributed by atoms with Crippen LogP contribution in [0.2, 0.25) is 25.7 Å². The fourth-order valence-electron chi connectivity index (χ4n) is 4.21. The number of ether oxygens (including phenoxy) is 3. The molecule has 0 spiro atoms. The van der Waals surface area contributed by atoms with Crippen molar-refractivity contribution in [2.24, 2.45) is 4.99 Å². The highest BCUT2D eigenvalue weighted by Crippen LogP contribution is 2.44. The van der Waals surface area contributed by atoms with Gasteiger partial charge in [0, 0.05) is 20.2 Å². The standard InChI is InChI=1S/C31H38F5N5O4Si/c1-28(2,3)45-27(42)41(19-43-11-12-46(6,7)8)26-30(5,31(34,35)36)44-18-29(4,40-26)22-13-20(9-10-23(22)32)14-24(33)25-17-38-21(15-37)16-39-25/h9-10,13-14,16-17H,11-12,18-19H2,1-8H3/b24-14-/t29-,30+/m0/s1. The summed E-state index contributed by atoms with van der Waals surface area (Å²) >= 11 is 0. The lowest BCUT2D eigenvalue weighted by atomic mass is 9.88. The van der Waals surface area contributed by atoms with Gasteiger partial charge in [-0.2, -0.15) is 18.4 Å². The zero-order valence-corrected chi connectivity index (χ0v) is 28.1. The van der Waals surface area contributed by atoms with E-state index in [1.807, 2.05) is 0 Å². The first-order valence-corrected chi connectivity index (χ1v) is 18.1. The van der Waals surface area contributed by atoms with Gasteiger partial charge < -0.3 is 14.2 Å². The second-order valence-electron chi connectivity index (χ2n) is 13.4. The second kappa shape index (κ2) is 13.5. The summed E-state index contributed by atoms with van der Waals surface area (Å²) in [5.74, 6) is -2.59. The fraction of sp³-hybridized carbons (Fsp3) is 0.516. The first kappa shape index (κ1) is 36.7. The summed E-state index contributed by atoms with van der Waals surface area (Å²) in [7, 11) is -1.60. The first-order valence-electron chi connectivity index (χ1n) is 14.4. The van der Waals surface area contributed by atoms with E-state index in [0.717, 1.165) is 31.5 Å². The van der Waals surface area contributed by atoms with Gasteiger partial charge in [-0.05, 0) is 64.4 Å². The number of aliphatic imine (C=N–C) groups is 1. The molecule has 2 aromatic rings. The van der Waals surface area contributed by atoms with Crippen LogP contribution in [0.3, 0.4) is 0 Å². The van der Waals surface area contributed by atoms with Crippen LogP contribution in [0.25, 0.3) is 11.9 Å². The normalized spacial score (nSPS) is 21.0. The molecule has 2 atom stereocenters. The molecule has 0 fully saturated rings. The van der Waals surface area contributed by atoms with Crippen LogP contribution in [0, 0.1) is 17.1 Å². The van der Waals surface area contributed by atoms with E-state index in [1.54, 1.807) is 26.8 Å². The van der Waals surface area contributed by atoms with Crippen molar-refractivity contribution < 1.29 is 41.0 Å². The number of nitriles is 1. The van der Waals surface area contributed by atoms with E-state index >= 15 is 8.78 Å². The number of aromatic nitrogens is 2. The molecule has 1 aromatic carbocycles. The molecular weight excluding hydrogens is 629 g/mol. The van der Waals surface area contributed by atoms with E-state index in [4.69, 9.17) is 19.5 Å². The molecule has 0 aliphatic carbocycles. The van der Waals surface area contributed by atoms with Gasteiger partial charge in [-0.1, -0.05) is 25.7 Å². The van der Waals surface area contributed by atoms with Crippen LogP contribution in [0.5, 0.6) is 0 Å². The van der Waals surface area contributed by atoms with Gasteiger partial charge in [-0.3, -0.25) is 4.99 Å². The lowest BCUT2D eigenvalue weighted by Crippen LogP contribution is -2.63. The third-order valence-electron chi connectivity index (χ3n) is 6.92. The quantitative estimate of drug-likeness (QED) is 0.124. The first-order chi connectivity index (χ1) is 21.1. The van der Waals surface area contributed by atoms with Gasteiger partial charge in [-0.25, -0.2) is 28.4 Å². The number of carbonyl (C=O) groups is 1. The average Bonchev–Trinajstić information content (AvgIpc) is 2.93. The summed E-state index contributed by atoms with van der Waals surface area (Å²) in [6, 6.07) is 5.93. The number of rotatable bonds is 8. The fourth-order valence-corrected chi connectivity index (χ4v) is 4.97. The zero-order chi connectivity index (χ0) is 34.7. The van der Waals surface area contributed by atoms with Crippen molar-refractivity contribution in [3.63, 3.8) is 0 Å². The number of alkyl halides is 3. The van der Waals surface area contributed by atoms with Gasteiger partial charge in [0.25, 0.3) is 0 Å². The van der Waals surface area contributed by atoms with Gasteiger partial charge in [-0.15, -0.1) is 0 Å². The Bertz CT molecular complexity index is 1530. The molecule has 9 nitrogen and oxygen atoms in total. The third-order valence-corrected chi connectivity index (χ3v) is 8.63. The topological polar surface area (TPSA) is 110 Å². The van der Waals surface area contributed by atoms with Crippen molar-refractivity contribution in [3.8, 4) is 6.07 Å². The van der Waals surface area contributed by atoms with Crippen LogP contribution in [-0.4, -0.2) is 72.2 Å². The van der Waals surface area contributed by atoms with Crippen LogP contribution in [0.1, 0.15) is 57.1 Å². The lowest BCUT2D eigenvalue weighted by molar-refractivity contribution is -0.252. The van der Waals surface area contributed by atoms with Gasteiger partial charge >= 0.3 is 12.3 Å². The largest absolute Gasteiger partial charge is 0.443 e. The smallest absolute Gasteiger partial charge is 0.424 e. The highest BCUT2D eigenvalue weighted by molar-refractivity contribution is 6.76. The predicted octanol–water partition coefficient (Wildman–Crippen LogP) is 7.47. The summed E-state index contributed by atoms with van der Waals surface area (Å²) in [6.07, 6.45) is -3.06. The van der Waals surface area contributed by atoms with E-state index in [9.17, 15) is 18.0 Å². The highest BCUT2D eigenvalue weighted by Gasteiger charge is 2.62. The van der Waals surface area contributed by atoms with E-state index in [0.29, 0.717) is 10.9 Å². The van der Waals surface area contributed by atoms with Gasteiger partial charge in [0.15, 0.2) is 17.4 Å². The molecule has 0 unspecified atom stereocenters. The predicted molar refractivity (Wildman–Crippen MR) is 164 cm³/mol. The number of amidine groups is 1. The Hall–Kier alpha value is -3.74. The van der Waals surface area contributed by atoms with Crippen molar-refractivity contribution in [2.75, 3.05) is 19.9 Å². The van der Waals surface area contributed by atoms with E-state index in [1.165, 1.54) is 19.1 Å². The SMILES string of the molecule is CC(C)(C)OC(=O)N(COCC[Si](C)(C)C)C1=N[C@](C)(c2cc(/C=C(\F)c3cnc(C#N)cn3)ccc2F)CO[C@@]1(C)C(F)(F)F. The highest BCUT2D eigenvalue weighted by atomic mass is 28.3. The summed E-state index contributed by atoms with van der Waals surface area (Å²) in [5, 5.41) is 8.89. The molecule has 1 amide bonds. The van der Waals surface area contributed by atoms with Gasteiger partial charge in [0.1, 0.15) is 35.5 Å².